The summed E-state index contributed by atoms with van der Waals surface area (Å²) < 4.78 is 6.50. The summed E-state index contributed by atoms with van der Waals surface area (Å²) in [6, 6.07) is 0. The summed E-state index contributed by atoms with van der Waals surface area (Å²) in [4.78, 5) is 13.5. The van der Waals surface area contributed by atoms with Gasteiger partial charge in [-0.2, -0.15) is 0 Å². The Morgan fingerprint density at radius 3 is 1.96 bits per heavy atom. The van der Waals surface area contributed by atoms with Crippen LogP contribution in [0.2, 0.25) is 0 Å². The largest absolute Gasteiger partial charge is 0.458 e. The Kier molecular flexibility index (Phi) is 4.52. The molecule has 0 N–H and O–H groups in total. The minimum Gasteiger partial charge on any atom is -0.458 e. The quantitative estimate of drug-likeness (QED) is 0.558. The van der Waals surface area contributed by atoms with E-state index in [-0.39, 0.29) is 27.8 Å². The van der Waals surface area contributed by atoms with E-state index in [2.05, 4.69) is 69.2 Å². The average Bonchev–Trinajstić information content (AvgIpc) is 2.54. The fraction of sp³-hybridized carbons (Fsp3) is 0.955. The SMILES string of the molecule is CC1C2(OC(=O)C(C)(C(C)(C)C)C(C)(C)C)CCCC(C2)C1(C)C. The van der Waals surface area contributed by atoms with Gasteiger partial charge in [0.15, 0.2) is 0 Å². The van der Waals surface area contributed by atoms with Gasteiger partial charge in [-0.1, -0.05) is 62.3 Å². The molecule has 3 atom stereocenters. The number of hydrogen-bond donors (Lipinski definition) is 0. The molecule has 2 aliphatic rings. The molecule has 3 unspecified atom stereocenters. The van der Waals surface area contributed by atoms with Gasteiger partial charge in [0.1, 0.15) is 5.60 Å². The van der Waals surface area contributed by atoms with Gasteiger partial charge in [-0.3, -0.25) is 4.79 Å². The first-order valence-corrected chi connectivity index (χ1v) is 9.83. The van der Waals surface area contributed by atoms with Gasteiger partial charge in [-0.25, -0.2) is 0 Å². The van der Waals surface area contributed by atoms with Crippen molar-refractivity contribution in [1.29, 1.82) is 0 Å². The van der Waals surface area contributed by atoms with Gasteiger partial charge >= 0.3 is 5.97 Å². The van der Waals surface area contributed by atoms with Crippen LogP contribution in [0, 0.1) is 33.5 Å². The van der Waals surface area contributed by atoms with Crippen molar-refractivity contribution in [2.45, 2.75) is 101 Å². The molecule has 2 rings (SSSR count). The molecule has 2 fully saturated rings. The normalized spacial score (nSPS) is 33.4. The van der Waals surface area contributed by atoms with E-state index in [9.17, 15) is 4.79 Å². The van der Waals surface area contributed by atoms with Crippen LogP contribution in [-0.4, -0.2) is 11.6 Å². The third-order valence-electron chi connectivity index (χ3n) is 8.41. The van der Waals surface area contributed by atoms with Crippen LogP contribution in [0.1, 0.15) is 94.9 Å². The molecule has 0 aromatic heterocycles. The number of carbonyl (C=O) groups excluding carboxylic acids is 1. The van der Waals surface area contributed by atoms with Crippen LogP contribution in [0.25, 0.3) is 0 Å². The monoisotopic (exact) mass is 336 g/mol. The van der Waals surface area contributed by atoms with E-state index in [4.69, 9.17) is 4.74 Å². The lowest BCUT2D eigenvalue weighted by atomic mass is 9.55. The zero-order valence-corrected chi connectivity index (χ0v) is 17.8. The lowest BCUT2D eigenvalue weighted by Crippen LogP contribution is -2.54. The third-order valence-corrected chi connectivity index (χ3v) is 8.41. The minimum atomic E-state index is -0.520. The maximum atomic E-state index is 13.5. The molecule has 2 nitrogen and oxygen atoms in total. The zero-order chi connectivity index (χ0) is 18.8. The van der Waals surface area contributed by atoms with E-state index in [0.29, 0.717) is 11.8 Å². The molecule has 0 aliphatic heterocycles. The Bertz CT molecular complexity index is 489. The highest BCUT2D eigenvalue weighted by Crippen LogP contribution is 2.62. The molecule has 2 bridgehead atoms. The molecule has 0 aromatic rings. The maximum absolute atomic E-state index is 13.5. The molecule has 0 spiro atoms. The number of fused-ring (bicyclic) bond motifs is 2. The van der Waals surface area contributed by atoms with Crippen molar-refractivity contribution < 1.29 is 9.53 Å². The summed E-state index contributed by atoms with van der Waals surface area (Å²) in [6.07, 6.45) is 4.56. The van der Waals surface area contributed by atoms with E-state index in [0.717, 1.165) is 12.8 Å². The Morgan fingerprint density at radius 2 is 1.50 bits per heavy atom. The molecule has 0 aromatic carbocycles. The highest BCUT2D eigenvalue weighted by Gasteiger charge is 2.62. The topological polar surface area (TPSA) is 26.3 Å². The first-order chi connectivity index (χ1) is 10.6. The summed E-state index contributed by atoms with van der Waals surface area (Å²) >= 11 is 0. The number of carbonyl (C=O) groups is 1. The number of ether oxygens (including phenoxy) is 1. The predicted molar refractivity (Wildman–Crippen MR) is 101 cm³/mol. The molecule has 24 heavy (non-hydrogen) atoms. The lowest BCUT2D eigenvalue weighted by molar-refractivity contribution is -0.195. The summed E-state index contributed by atoms with van der Waals surface area (Å²) in [5, 5.41) is 0. The van der Waals surface area contributed by atoms with Gasteiger partial charge in [-0.05, 0) is 54.8 Å². The highest BCUT2D eigenvalue weighted by molar-refractivity contribution is 5.79. The molecule has 0 saturated heterocycles. The van der Waals surface area contributed by atoms with Crippen molar-refractivity contribution in [3.8, 4) is 0 Å². The Labute approximate surface area is 150 Å². The van der Waals surface area contributed by atoms with Gasteiger partial charge in [0.05, 0.1) is 5.41 Å². The second kappa shape index (κ2) is 5.48. The third kappa shape index (κ3) is 2.63. The zero-order valence-electron chi connectivity index (χ0n) is 17.8. The van der Waals surface area contributed by atoms with E-state index >= 15 is 0 Å². The predicted octanol–water partition coefficient (Wildman–Crippen LogP) is 6.23. The average molecular weight is 337 g/mol. The van der Waals surface area contributed by atoms with Gasteiger partial charge in [-0.15, -0.1) is 0 Å². The van der Waals surface area contributed by atoms with Gasteiger partial charge in [0, 0.05) is 5.92 Å². The van der Waals surface area contributed by atoms with E-state index in [1.807, 2.05) is 0 Å². The van der Waals surface area contributed by atoms with Gasteiger partial charge in [0.25, 0.3) is 0 Å². The van der Waals surface area contributed by atoms with Crippen LogP contribution < -0.4 is 0 Å². The molecule has 0 radical (unpaired) electrons. The van der Waals surface area contributed by atoms with Gasteiger partial charge < -0.3 is 4.74 Å². The van der Waals surface area contributed by atoms with Crippen molar-refractivity contribution in [1.82, 2.24) is 0 Å². The van der Waals surface area contributed by atoms with Crippen molar-refractivity contribution in [2.24, 2.45) is 33.5 Å². The Morgan fingerprint density at radius 1 is 1.00 bits per heavy atom. The molecular weight excluding hydrogens is 296 g/mol. The van der Waals surface area contributed by atoms with Crippen molar-refractivity contribution in [3.63, 3.8) is 0 Å². The second-order valence-electron chi connectivity index (χ2n) is 11.4. The van der Waals surface area contributed by atoms with Crippen LogP contribution in [0.5, 0.6) is 0 Å². The summed E-state index contributed by atoms with van der Waals surface area (Å²) in [7, 11) is 0. The standard InChI is InChI=1S/C22H40O2/c1-15-20(8,9)16-12-11-13-22(15,14-16)24-17(23)21(10,18(2,3)4)19(5,6)7/h15-16H,11-14H2,1-10H3. The molecule has 2 heteroatoms. The molecule has 140 valence electrons. The van der Waals surface area contributed by atoms with Crippen LogP contribution in [0.3, 0.4) is 0 Å². The van der Waals surface area contributed by atoms with Crippen LogP contribution in [0.15, 0.2) is 0 Å². The molecular formula is C22H40O2. The number of hydrogen-bond acceptors (Lipinski definition) is 2. The van der Waals surface area contributed by atoms with Crippen LogP contribution >= 0.6 is 0 Å². The fourth-order valence-electron chi connectivity index (χ4n) is 5.53. The maximum Gasteiger partial charge on any atom is 0.313 e. The van der Waals surface area contributed by atoms with Crippen molar-refractivity contribution >= 4 is 5.97 Å². The first-order valence-electron chi connectivity index (χ1n) is 9.83. The van der Waals surface area contributed by atoms with E-state index < -0.39 is 5.41 Å². The van der Waals surface area contributed by atoms with E-state index in [1.54, 1.807) is 0 Å². The summed E-state index contributed by atoms with van der Waals surface area (Å²) in [5.74, 6) is 1.11. The molecule has 0 heterocycles. The molecule has 2 aliphatic carbocycles. The lowest BCUT2D eigenvalue weighted by Gasteiger charge is -2.51. The second-order valence-corrected chi connectivity index (χ2v) is 11.4. The van der Waals surface area contributed by atoms with Crippen LogP contribution in [-0.2, 0) is 9.53 Å². The minimum absolute atomic E-state index is 0.00713. The Hall–Kier alpha value is -0.530. The Balaban J connectivity index is 2.38. The van der Waals surface area contributed by atoms with Crippen molar-refractivity contribution in [3.05, 3.63) is 0 Å². The van der Waals surface area contributed by atoms with Gasteiger partial charge in [0.2, 0.25) is 0 Å². The smallest absolute Gasteiger partial charge is 0.313 e. The molecule has 2 saturated carbocycles. The van der Waals surface area contributed by atoms with Crippen molar-refractivity contribution in [2.75, 3.05) is 0 Å². The summed E-state index contributed by atoms with van der Waals surface area (Å²) in [5.41, 5.74) is -0.805. The number of esters is 1. The van der Waals surface area contributed by atoms with E-state index in [1.165, 1.54) is 12.8 Å². The fourth-order valence-corrected chi connectivity index (χ4v) is 5.53. The van der Waals surface area contributed by atoms with Crippen LogP contribution in [0.4, 0.5) is 0 Å². The highest BCUT2D eigenvalue weighted by atomic mass is 16.6. The molecule has 0 amide bonds. The first kappa shape index (κ1) is 19.8. The number of rotatable bonds is 2. The summed E-state index contributed by atoms with van der Waals surface area (Å²) in [6.45, 7) is 22.2.